The lowest BCUT2D eigenvalue weighted by atomic mass is 10.1. The molecule has 0 radical (unpaired) electrons. The van der Waals surface area contributed by atoms with Gasteiger partial charge in [-0.3, -0.25) is 14.7 Å². The maximum absolute atomic E-state index is 13.0. The van der Waals surface area contributed by atoms with Crippen molar-refractivity contribution in [1.29, 1.82) is 0 Å². The lowest BCUT2D eigenvalue weighted by Gasteiger charge is -2.34. The van der Waals surface area contributed by atoms with Crippen LogP contribution in [0.2, 0.25) is 0 Å². The molecule has 3 aromatic rings. The summed E-state index contributed by atoms with van der Waals surface area (Å²) in [6.07, 6.45) is 2.65. The van der Waals surface area contributed by atoms with E-state index in [9.17, 15) is 9.18 Å². The fourth-order valence-electron chi connectivity index (χ4n) is 3.48. The number of rotatable bonds is 4. The number of halogens is 2. The van der Waals surface area contributed by atoms with Gasteiger partial charge in [-0.1, -0.05) is 36.4 Å². The lowest BCUT2D eigenvalue weighted by Crippen LogP contribution is -2.49. The van der Waals surface area contributed by atoms with Crippen molar-refractivity contribution in [1.82, 2.24) is 14.8 Å². The Bertz CT molecular complexity index is 940. The highest BCUT2D eigenvalue weighted by Gasteiger charge is 2.22. The Kier molecular flexibility index (Phi) is 6.60. The smallest absolute Gasteiger partial charge is 0.272 e. The predicted molar refractivity (Wildman–Crippen MR) is 111 cm³/mol. The molecule has 1 aliphatic rings. The number of amides is 1. The molecule has 6 heteroatoms. The molecule has 4 nitrogen and oxygen atoms in total. The molecule has 0 bridgehead atoms. The topological polar surface area (TPSA) is 36.4 Å². The Labute approximate surface area is 170 Å². The van der Waals surface area contributed by atoms with Gasteiger partial charge in [0.1, 0.15) is 11.5 Å². The van der Waals surface area contributed by atoms with Crippen LogP contribution in [0.1, 0.15) is 16.1 Å². The summed E-state index contributed by atoms with van der Waals surface area (Å²) in [5, 5.41) is 2.08. The van der Waals surface area contributed by atoms with E-state index in [-0.39, 0.29) is 24.1 Å². The Morgan fingerprint density at radius 2 is 1.64 bits per heavy atom. The van der Waals surface area contributed by atoms with Crippen molar-refractivity contribution in [3.63, 3.8) is 0 Å². The molecule has 1 saturated heterocycles. The van der Waals surface area contributed by atoms with E-state index in [0.29, 0.717) is 18.8 Å². The quantitative estimate of drug-likeness (QED) is 0.669. The summed E-state index contributed by atoms with van der Waals surface area (Å²) in [6.45, 7) is 4.02. The first-order chi connectivity index (χ1) is 13.2. The standard InChI is InChI=1S/C22H22FN3O.ClH/c23-20-7-5-17(6-8-20)9-10-25-11-13-26(14-12-25)22(27)21-15-18-3-1-2-4-19(18)16-24-21;/h1-8,15-16H,9-14H2;1H. The summed E-state index contributed by atoms with van der Waals surface area (Å²) in [7, 11) is 0. The van der Waals surface area contributed by atoms with E-state index < -0.39 is 0 Å². The molecule has 0 aliphatic carbocycles. The second kappa shape index (κ2) is 9.13. The number of carbonyl (C=O) groups excluding carboxylic acids is 1. The van der Waals surface area contributed by atoms with E-state index in [1.165, 1.54) is 12.1 Å². The van der Waals surface area contributed by atoms with Crippen molar-refractivity contribution in [3.05, 3.63) is 77.9 Å². The van der Waals surface area contributed by atoms with Gasteiger partial charge < -0.3 is 4.90 Å². The maximum Gasteiger partial charge on any atom is 0.272 e. The average molecular weight is 400 g/mol. The van der Waals surface area contributed by atoms with E-state index >= 15 is 0 Å². The van der Waals surface area contributed by atoms with E-state index in [1.54, 1.807) is 6.20 Å². The van der Waals surface area contributed by atoms with Crippen LogP contribution >= 0.6 is 12.4 Å². The minimum atomic E-state index is -0.201. The molecular formula is C22H23ClFN3O. The summed E-state index contributed by atoms with van der Waals surface area (Å²) < 4.78 is 13.0. The number of nitrogens with zero attached hydrogens (tertiary/aromatic N) is 3. The highest BCUT2D eigenvalue weighted by Crippen LogP contribution is 2.15. The molecule has 146 valence electrons. The molecule has 28 heavy (non-hydrogen) atoms. The summed E-state index contributed by atoms with van der Waals surface area (Å²) >= 11 is 0. The number of pyridine rings is 1. The molecular weight excluding hydrogens is 377 g/mol. The summed E-state index contributed by atoms with van der Waals surface area (Å²) in [6, 6.07) is 16.5. The van der Waals surface area contributed by atoms with Crippen molar-refractivity contribution in [2.75, 3.05) is 32.7 Å². The normalized spacial score (nSPS) is 14.7. The third-order valence-corrected chi connectivity index (χ3v) is 5.14. The predicted octanol–water partition coefficient (Wildman–Crippen LogP) is 3.80. The van der Waals surface area contributed by atoms with Crippen LogP contribution in [0, 0.1) is 5.82 Å². The first-order valence-electron chi connectivity index (χ1n) is 9.30. The molecule has 2 heterocycles. The molecule has 1 aliphatic heterocycles. The molecule has 0 spiro atoms. The van der Waals surface area contributed by atoms with Crippen molar-refractivity contribution in [2.45, 2.75) is 6.42 Å². The van der Waals surface area contributed by atoms with E-state index in [1.807, 2.05) is 47.4 Å². The highest BCUT2D eigenvalue weighted by molar-refractivity contribution is 5.96. The van der Waals surface area contributed by atoms with Gasteiger partial charge >= 0.3 is 0 Å². The number of hydrogen-bond acceptors (Lipinski definition) is 3. The Balaban J connectivity index is 0.00000225. The van der Waals surface area contributed by atoms with Crippen LogP contribution in [0.15, 0.2) is 60.8 Å². The van der Waals surface area contributed by atoms with Crippen LogP contribution in [-0.2, 0) is 6.42 Å². The molecule has 0 unspecified atom stereocenters. The second-order valence-electron chi connectivity index (χ2n) is 6.93. The van der Waals surface area contributed by atoms with Gasteiger partial charge in [-0.2, -0.15) is 0 Å². The van der Waals surface area contributed by atoms with E-state index in [2.05, 4.69) is 9.88 Å². The van der Waals surface area contributed by atoms with E-state index in [4.69, 9.17) is 0 Å². The summed E-state index contributed by atoms with van der Waals surface area (Å²) in [4.78, 5) is 21.3. The Morgan fingerprint density at radius 1 is 0.964 bits per heavy atom. The molecule has 1 aromatic heterocycles. The first-order valence-corrected chi connectivity index (χ1v) is 9.30. The molecule has 1 fully saturated rings. The summed E-state index contributed by atoms with van der Waals surface area (Å²) in [5.74, 6) is -0.202. The van der Waals surface area contributed by atoms with Gasteiger partial charge in [-0.15, -0.1) is 12.4 Å². The minimum Gasteiger partial charge on any atom is -0.335 e. The zero-order valence-electron chi connectivity index (χ0n) is 15.6. The van der Waals surface area contributed by atoms with Gasteiger partial charge in [0, 0.05) is 44.3 Å². The average Bonchev–Trinajstić information content (AvgIpc) is 2.73. The molecule has 1 amide bonds. The molecule has 0 N–H and O–H groups in total. The van der Waals surface area contributed by atoms with Crippen molar-refractivity contribution in [2.24, 2.45) is 0 Å². The van der Waals surface area contributed by atoms with Crippen LogP contribution < -0.4 is 0 Å². The second-order valence-corrected chi connectivity index (χ2v) is 6.93. The van der Waals surface area contributed by atoms with Crippen LogP contribution in [0.25, 0.3) is 10.8 Å². The van der Waals surface area contributed by atoms with Gasteiger partial charge in [-0.25, -0.2) is 4.39 Å². The molecule has 0 saturated carbocycles. The number of aromatic nitrogens is 1. The van der Waals surface area contributed by atoms with Gasteiger partial charge in [0.25, 0.3) is 5.91 Å². The number of hydrogen-bond donors (Lipinski definition) is 0. The fraction of sp³-hybridized carbons (Fsp3) is 0.273. The number of piperazine rings is 1. The fourth-order valence-corrected chi connectivity index (χ4v) is 3.48. The molecule has 4 rings (SSSR count). The van der Waals surface area contributed by atoms with Gasteiger partial charge in [0.2, 0.25) is 0 Å². The van der Waals surface area contributed by atoms with Crippen molar-refractivity contribution in [3.8, 4) is 0 Å². The van der Waals surface area contributed by atoms with Crippen molar-refractivity contribution < 1.29 is 9.18 Å². The number of benzene rings is 2. The maximum atomic E-state index is 13.0. The van der Waals surface area contributed by atoms with Gasteiger partial charge in [-0.05, 0) is 35.6 Å². The monoisotopic (exact) mass is 399 g/mol. The SMILES string of the molecule is Cl.O=C(c1cc2ccccc2cn1)N1CCN(CCc2ccc(F)cc2)CC1. The summed E-state index contributed by atoms with van der Waals surface area (Å²) in [5.41, 5.74) is 1.64. The molecule has 0 atom stereocenters. The van der Waals surface area contributed by atoms with Crippen LogP contribution in [0.3, 0.4) is 0 Å². The van der Waals surface area contributed by atoms with Crippen LogP contribution in [-0.4, -0.2) is 53.4 Å². The van der Waals surface area contributed by atoms with Crippen LogP contribution in [0.5, 0.6) is 0 Å². The van der Waals surface area contributed by atoms with E-state index in [0.717, 1.165) is 42.4 Å². The van der Waals surface area contributed by atoms with Gasteiger partial charge in [0.05, 0.1) is 0 Å². The van der Waals surface area contributed by atoms with Crippen LogP contribution in [0.4, 0.5) is 4.39 Å². The third kappa shape index (κ3) is 4.66. The Morgan fingerprint density at radius 3 is 2.36 bits per heavy atom. The third-order valence-electron chi connectivity index (χ3n) is 5.14. The number of carbonyl (C=O) groups is 1. The number of fused-ring (bicyclic) bond motifs is 1. The largest absolute Gasteiger partial charge is 0.335 e. The zero-order chi connectivity index (χ0) is 18.6. The molecule has 2 aromatic carbocycles. The van der Waals surface area contributed by atoms with Gasteiger partial charge in [0.15, 0.2) is 0 Å². The zero-order valence-corrected chi connectivity index (χ0v) is 16.4. The first kappa shape index (κ1) is 20.2. The lowest BCUT2D eigenvalue weighted by molar-refractivity contribution is 0.0633. The highest BCUT2D eigenvalue weighted by atomic mass is 35.5. The van der Waals surface area contributed by atoms with Crippen molar-refractivity contribution >= 4 is 29.1 Å². The minimum absolute atomic E-state index is 0. The Hall–Kier alpha value is -2.50.